The molecule has 0 radical (unpaired) electrons. The maximum atomic E-state index is 13.2. The highest BCUT2D eigenvalue weighted by Gasteiger charge is 2.30. The van der Waals surface area contributed by atoms with Crippen LogP contribution in [-0.4, -0.2) is 22.8 Å². The number of halogens is 2. The zero-order valence-electron chi connectivity index (χ0n) is 10.6. The van der Waals surface area contributed by atoms with Crippen LogP contribution in [-0.2, 0) is 4.74 Å². The van der Waals surface area contributed by atoms with E-state index in [1.807, 2.05) is 0 Å². The lowest BCUT2D eigenvalue weighted by Crippen LogP contribution is -2.18. The average Bonchev–Trinajstić information content (AvgIpc) is 3.09. The number of nitrogens with two attached hydrogens (primary N) is 1. The molecule has 2 N–H and O–H groups in total. The van der Waals surface area contributed by atoms with Gasteiger partial charge in [-0.05, 0) is 47.0 Å². The standard InChI is InChI=1S/C13H13BrFN3O2/c14-9-5-7(1-3-10(9)15)12-17-13(20-18-12)11-4-2-8(6-16)19-11/h1,3,5,8,11H,2,4,6,16H2. The molecule has 1 saturated heterocycles. The Bertz CT molecular complexity index is 619. The quantitative estimate of drug-likeness (QED) is 0.928. The third-order valence-corrected chi connectivity index (χ3v) is 3.87. The largest absolute Gasteiger partial charge is 0.364 e. The molecule has 0 aliphatic carbocycles. The average molecular weight is 342 g/mol. The lowest BCUT2D eigenvalue weighted by molar-refractivity contribution is 0.0307. The van der Waals surface area contributed by atoms with Gasteiger partial charge in [0, 0.05) is 12.1 Å². The van der Waals surface area contributed by atoms with Gasteiger partial charge < -0.3 is 15.0 Å². The highest BCUT2D eigenvalue weighted by atomic mass is 79.9. The summed E-state index contributed by atoms with van der Waals surface area (Å²) in [5.41, 5.74) is 6.25. The molecule has 0 bridgehead atoms. The van der Waals surface area contributed by atoms with E-state index in [0.29, 0.717) is 28.3 Å². The zero-order valence-corrected chi connectivity index (χ0v) is 12.1. The molecule has 1 fully saturated rings. The Kier molecular flexibility index (Phi) is 3.82. The van der Waals surface area contributed by atoms with Crippen LogP contribution in [0.1, 0.15) is 24.8 Å². The zero-order chi connectivity index (χ0) is 14.1. The van der Waals surface area contributed by atoms with E-state index in [1.54, 1.807) is 12.1 Å². The molecular weight excluding hydrogens is 329 g/mol. The van der Waals surface area contributed by atoms with E-state index in [2.05, 4.69) is 26.1 Å². The summed E-state index contributed by atoms with van der Waals surface area (Å²) in [7, 11) is 0. The minimum absolute atomic E-state index is 0.0512. The Labute approximate surface area is 123 Å². The highest BCUT2D eigenvalue weighted by molar-refractivity contribution is 9.10. The van der Waals surface area contributed by atoms with Crippen molar-refractivity contribution < 1.29 is 13.7 Å². The fourth-order valence-electron chi connectivity index (χ4n) is 2.18. The topological polar surface area (TPSA) is 74.2 Å². The molecule has 1 aromatic carbocycles. The fourth-order valence-corrected chi connectivity index (χ4v) is 2.56. The maximum absolute atomic E-state index is 13.2. The van der Waals surface area contributed by atoms with E-state index in [-0.39, 0.29) is 18.0 Å². The molecule has 2 aromatic rings. The number of benzene rings is 1. The first-order valence-corrected chi connectivity index (χ1v) is 7.11. The van der Waals surface area contributed by atoms with Gasteiger partial charge in [-0.25, -0.2) is 4.39 Å². The summed E-state index contributed by atoms with van der Waals surface area (Å²) < 4.78 is 24.5. The Hall–Kier alpha value is -1.31. The number of hydrogen-bond acceptors (Lipinski definition) is 5. The van der Waals surface area contributed by atoms with Crippen molar-refractivity contribution >= 4 is 15.9 Å². The molecule has 2 unspecified atom stereocenters. The molecule has 2 atom stereocenters. The van der Waals surface area contributed by atoms with E-state index in [9.17, 15) is 4.39 Å². The first kappa shape index (κ1) is 13.7. The van der Waals surface area contributed by atoms with Crippen LogP contribution in [0.15, 0.2) is 27.2 Å². The second-order valence-electron chi connectivity index (χ2n) is 4.64. The van der Waals surface area contributed by atoms with Crippen LogP contribution >= 0.6 is 15.9 Å². The molecular formula is C13H13BrFN3O2. The first-order valence-electron chi connectivity index (χ1n) is 6.32. The van der Waals surface area contributed by atoms with Gasteiger partial charge in [0.15, 0.2) is 0 Å². The molecule has 1 aliphatic heterocycles. The normalized spacial score (nSPS) is 22.4. The van der Waals surface area contributed by atoms with E-state index >= 15 is 0 Å². The van der Waals surface area contributed by atoms with Gasteiger partial charge in [-0.2, -0.15) is 4.98 Å². The summed E-state index contributed by atoms with van der Waals surface area (Å²) in [5, 5.41) is 3.91. The molecule has 20 heavy (non-hydrogen) atoms. The van der Waals surface area contributed by atoms with Crippen LogP contribution in [0, 0.1) is 5.82 Å². The van der Waals surface area contributed by atoms with Gasteiger partial charge in [0.05, 0.1) is 10.6 Å². The van der Waals surface area contributed by atoms with Gasteiger partial charge in [0.1, 0.15) is 11.9 Å². The summed E-state index contributed by atoms with van der Waals surface area (Å²) in [5.74, 6) is 0.527. The Morgan fingerprint density at radius 2 is 2.25 bits per heavy atom. The second-order valence-corrected chi connectivity index (χ2v) is 5.50. The monoisotopic (exact) mass is 341 g/mol. The van der Waals surface area contributed by atoms with Crippen molar-refractivity contribution in [2.24, 2.45) is 5.73 Å². The summed E-state index contributed by atoms with van der Waals surface area (Å²) in [6.07, 6.45) is 1.56. The highest BCUT2D eigenvalue weighted by Crippen LogP contribution is 2.32. The molecule has 1 aromatic heterocycles. The van der Waals surface area contributed by atoms with Crippen molar-refractivity contribution in [2.45, 2.75) is 25.0 Å². The van der Waals surface area contributed by atoms with Crippen molar-refractivity contribution in [3.8, 4) is 11.4 Å². The predicted octanol–water partition coefficient (Wildman–Crippen LogP) is 2.82. The van der Waals surface area contributed by atoms with Crippen LogP contribution in [0.2, 0.25) is 0 Å². The van der Waals surface area contributed by atoms with Crippen molar-refractivity contribution in [3.05, 3.63) is 34.4 Å². The van der Waals surface area contributed by atoms with Gasteiger partial charge in [-0.3, -0.25) is 0 Å². The maximum Gasteiger partial charge on any atom is 0.256 e. The number of hydrogen-bond donors (Lipinski definition) is 1. The van der Waals surface area contributed by atoms with Crippen LogP contribution in [0.4, 0.5) is 4.39 Å². The van der Waals surface area contributed by atoms with Gasteiger partial charge >= 0.3 is 0 Å². The van der Waals surface area contributed by atoms with Crippen LogP contribution in [0.5, 0.6) is 0 Å². The van der Waals surface area contributed by atoms with Gasteiger partial charge in [-0.1, -0.05) is 5.16 Å². The van der Waals surface area contributed by atoms with E-state index in [0.717, 1.165) is 12.8 Å². The molecule has 1 aliphatic rings. The second kappa shape index (κ2) is 5.59. The van der Waals surface area contributed by atoms with E-state index in [1.165, 1.54) is 6.07 Å². The fraction of sp³-hybridized carbons (Fsp3) is 0.385. The Balaban J connectivity index is 1.81. The number of aromatic nitrogens is 2. The van der Waals surface area contributed by atoms with Gasteiger partial charge in [0.25, 0.3) is 5.89 Å². The first-order chi connectivity index (χ1) is 9.67. The van der Waals surface area contributed by atoms with Crippen molar-refractivity contribution in [1.29, 1.82) is 0 Å². The lowest BCUT2D eigenvalue weighted by atomic mass is 10.2. The Morgan fingerprint density at radius 1 is 1.40 bits per heavy atom. The van der Waals surface area contributed by atoms with Crippen molar-refractivity contribution in [3.63, 3.8) is 0 Å². The van der Waals surface area contributed by atoms with Crippen LogP contribution < -0.4 is 5.73 Å². The molecule has 2 heterocycles. The molecule has 106 valence electrons. The smallest absolute Gasteiger partial charge is 0.256 e. The van der Waals surface area contributed by atoms with Crippen molar-refractivity contribution in [2.75, 3.05) is 6.54 Å². The summed E-state index contributed by atoms with van der Waals surface area (Å²) in [6, 6.07) is 4.57. The predicted molar refractivity (Wildman–Crippen MR) is 73.3 cm³/mol. The molecule has 3 rings (SSSR count). The minimum atomic E-state index is -0.331. The van der Waals surface area contributed by atoms with E-state index < -0.39 is 0 Å². The van der Waals surface area contributed by atoms with E-state index in [4.69, 9.17) is 15.0 Å². The SMILES string of the molecule is NCC1CCC(c2nc(-c3ccc(F)c(Br)c3)no2)O1. The summed E-state index contributed by atoms with van der Waals surface area (Å²) in [4.78, 5) is 4.32. The minimum Gasteiger partial charge on any atom is -0.364 e. The lowest BCUT2D eigenvalue weighted by Gasteiger charge is -2.07. The summed E-state index contributed by atoms with van der Waals surface area (Å²) >= 11 is 3.13. The Morgan fingerprint density at radius 3 is 2.95 bits per heavy atom. The molecule has 7 heteroatoms. The number of nitrogens with zero attached hydrogens (tertiary/aromatic N) is 2. The third-order valence-electron chi connectivity index (χ3n) is 3.27. The molecule has 5 nitrogen and oxygen atoms in total. The van der Waals surface area contributed by atoms with Gasteiger partial charge in [-0.15, -0.1) is 0 Å². The molecule has 0 saturated carbocycles. The third kappa shape index (κ3) is 2.61. The molecule has 0 amide bonds. The van der Waals surface area contributed by atoms with Crippen LogP contribution in [0.3, 0.4) is 0 Å². The molecule has 0 spiro atoms. The summed E-state index contributed by atoms with van der Waals surface area (Å²) in [6.45, 7) is 0.488. The van der Waals surface area contributed by atoms with Gasteiger partial charge in [0.2, 0.25) is 5.82 Å². The number of rotatable bonds is 3. The van der Waals surface area contributed by atoms with Crippen LogP contribution in [0.25, 0.3) is 11.4 Å². The van der Waals surface area contributed by atoms with Crippen molar-refractivity contribution in [1.82, 2.24) is 10.1 Å². The number of ether oxygens (including phenoxy) is 1.